The van der Waals surface area contributed by atoms with Crippen molar-refractivity contribution in [2.75, 3.05) is 0 Å². The quantitative estimate of drug-likeness (QED) is 0.0849. The van der Waals surface area contributed by atoms with Gasteiger partial charge in [0.2, 0.25) is 0 Å². The van der Waals surface area contributed by atoms with Crippen molar-refractivity contribution >= 4 is 11.9 Å². The fourth-order valence-electron chi connectivity index (χ4n) is 8.79. The molecular weight excluding hydrogens is 641 g/mol. The molecular formula is C48H74O4. The van der Waals surface area contributed by atoms with Gasteiger partial charge in [-0.25, -0.2) is 9.59 Å². The molecule has 0 heterocycles. The standard InChI is InChI=1S/C48H74O4/c1-5-7-9-15-39-21-25-41(26-22-39)17-11-13-19-43-29-33-45(34-30-43)47(49)51-37(3)38(4)52-48(50)46-35-31-44(32-36-46)20-14-12-18-42-27-23-40(24-28-42)16-10-8-6-2/h29-42H,5-28H2,1-4H3. The second-order valence-corrected chi connectivity index (χ2v) is 16.9. The number of benzene rings is 2. The maximum atomic E-state index is 12.9. The molecule has 2 saturated carbocycles. The van der Waals surface area contributed by atoms with E-state index in [0.717, 1.165) is 36.5 Å². The van der Waals surface area contributed by atoms with E-state index in [-0.39, 0.29) is 11.9 Å². The summed E-state index contributed by atoms with van der Waals surface area (Å²) >= 11 is 0. The topological polar surface area (TPSA) is 52.6 Å². The van der Waals surface area contributed by atoms with Crippen LogP contribution in [0.25, 0.3) is 0 Å². The molecule has 0 amide bonds. The molecule has 2 atom stereocenters. The van der Waals surface area contributed by atoms with Gasteiger partial charge in [0.05, 0.1) is 11.1 Å². The molecule has 2 fully saturated rings. The smallest absolute Gasteiger partial charge is 0.338 e. The second kappa shape index (κ2) is 23.9. The lowest BCUT2D eigenvalue weighted by Gasteiger charge is -2.28. The van der Waals surface area contributed by atoms with Gasteiger partial charge in [0.15, 0.2) is 0 Å². The highest BCUT2D eigenvalue weighted by molar-refractivity contribution is 5.90. The van der Waals surface area contributed by atoms with Crippen molar-refractivity contribution in [3.8, 4) is 0 Å². The van der Waals surface area contributed by atoms with E-state index in [9.17, 15) is 9.59 Å². The molecule has 2 aliphatic rings. The minimum Gasteiger partial charge on any atom is -0.455 e. The largest absolute Gasteiger partial charge is 0.455 e. The Balaban J connectivity index is 1.06. The summed E-state index contributed by atoms with van der Waals surface area (Å²) < 4.78 is 11.4. The third-order valence-electron chi connectivity index (χ3n) is 12.6. The normalized spacial score (nSPS) is 21.7. The van der Waals surface area contributed by atoms with Gasteiger partial charge in [-0.15, -0.1) is 0 Å². The lowest BCUT2D eigenvalue weighted by Crippen LogP contribution is -2.30. The van der Waals surface area contributed by atoms with Crippen molar-refractivity contribution in [3.05, 3.63) is 70.8 Å². The van der Waals surface area contributed by atoms with Gasteiger partial charge in [-0.2, -0.15) is 0 Å². The van der Waals surface area contributed by atoms with E-state index < -0.39 is 12.2 Å². The van der Waals surface area contributed by atoms with Gasteiger partial charge in [-0.3, -0.25) is 0 Å². The van der Waals surface area contributed by atoms with Gasteiger partial charge in [-0.1, -0.05) is 167 Å². The number of ether oxygens (including phenoxy) is 2. The Morgan fingerprint density at radius 1 is 0.481 bits per heavy atom. The van der Waals surface area contributed by atoms with Crippen molar-refractivity contribution in [1.82, 2.24) is 0 Å². The number of carbonyl (C=O) groups is 2. The molecule has 0 N–H and O–H groups in total. The van der Waals surface area contributed by atoms with Crippen molar-refractivity contribution in [2.45, 2.75) is 194 Å². The van der Waals surface area contributed by atoms with Crippen molar-refractivity contribution in [2.24, 2.45) is 23.7 Å². The summed E-state index contributed by atoms with van der Waals surface area (Å²) in [6.07, 6.45) is 31.3. The molecule has 2 aromatic rings. The van der Waals surface area contributed by atoms with E-state index in [2.05, 4.69) is 38.1 Å². The molecule has 290 valence electrons. The highest BCUT2D eigenvalue weighted by atomic mass is 16.6. The van der Waals surface area contributed by atoms with E-state index in [1.807, 2.05) is 24.3 Å². The molecule has 0 bridgehead atoms. The van der Waals surface area contributed by atoms with Crippen molar-refractivity contribution in [1.29, 1.82) is 0 Å². The fraction of sp³-hybridized carbons (Fsp3) is 0.708. The maximum Gasteiger partial charge on any atom is 0.338 e. The highest BCUT2D eigenvalue weighted by Gasteiger charge is 2.24. The lowest BCUT2D eigenvalue weighted by atomic mass is 9.78. The van der Waals surface area contributed by atoms with E-state index in [0.29, 0.717) is 11.1 Å². The van der Waals surface area contributed by atoms with Crippen LogP contribution in [0.2, 0.25) is 0 Å². The molecule has 4 rings (SSSR count). The maximum absolute atomic E-state index is 12.9. The SMILES string of the molecule is CCCCCC1CCC(CCCCc2ccc(C(=O)OC(C)C(C)OC(=O)c3ccc(CCCCC4CCC(CCCCC)CC4)cc3)cc2)CC1. The van der Waals surface area contributed by atoms with Gasteiger partial charge < -0.3 is 9.47 Å². The highest BCUT2D eigenvalue weighted by Crippen LogP contribution is 2.36. The third-order valence-corrected chi connectivity index (χ3v) is 12.6. The molecule has 2 aromatic carbocycles. The minimum atomic E-state index is -0.557. The van der Waals surface area contributed by atoms with Crippen LogP contribution in [-0.2, 0) is 22.3 Å². The van der Waals surface area contributed by atoms with Crippen LogP contribution in [0, 0.1) is 23.7 Å². The molecule has 52 heavy (non-hydrogen) atoms. The number of aryl methyl sites for hydroxylation is 2. The summed E-state index contributed by atoms with van der Waals surface area (Å²) in [5.41, 5.74) is 3.60. The van der Waals surface area contributed by atoms with Crippen LogP contribution >= 0.6 is 0 Å². The molecule has 2 aliphatic carbocycles. The summed E-state index contributed by atoms with van der Waals surface area (Å²) in [4.78, 5) is 25.8. The molecule has 0 saturated heterocycles. The summed E-state index contributed by atoms with van der Waals surface area (Å²) in [5, 5.41) is 0. The zero-order valence-electron chi connectivity index (χ0n) is 33.7. The van der Waals surface area contributed by atoms with E-state index in [1.165, 1.54) is 152 Å². The number of hydrogen-bond donors (Lipinski definition) is 0. The molecule has 0 aromatic heterocycles. The molecule has 2 unspecified atom stereocenters. The monoisotopic (exact) mass is 715 g/mol. The van der Waals surface area contributed by atoms with Gasteiger partial charge in [0, 0.05) is 0 Å². The zero-order chi connectivity index (χ0) is 37.0. The Hall–Kier alpha value is -2.62. The van der Waals surface area contributed by atoms with Crippen LogP contribution in [0.5, 0.6) is 0 Å². The first-order valence-electron chi connectivity index (χ1n) is 21.9. The molecule has 0 spiro atoms. The van der Waals surface area contributed by atoms with Crippen LogP contribution in [-0.4, -0.2) is 24.1 Å². The van der Waals surface area contributed by atoms with Crippen LogP contribution in [0.15, 0.2) is 48.5 Å². The summed E-state index contributed by atoms with van der Waals surface area (Å²) in [5.74, 6) is 3.06. The van der Waals surface area contributed by atoms with Crippen molar-refractivity contribution < 1.29 is 19.1 Å². The summed E-state index contributed by atoms with van der Waals surface area (Å²) in [6, 6.07) is 15.7. The third kappa shape index (κ3) is 15.4. The number of carbonyl (C=O) groups excluding carboxylic acids is 2. The van der Waals surface area contributed by atoms with Crippen LogP contribution in [0.4, 0.5) is 0 Å². The fourth-order valence-corrected chi connectivity index (χ4v) is 8.79. The lowest BCUT2D eigenvalue weighted by molar-refractivity contribution is -0.0239. The molecule has 4 heteroatoms. The first-order chi connectivity index (χ1) is 25.3. The second-order valence-electron chi connectivity index (χ2n) is 16.9. The first kappa shape index (κ1) is 42.1. The number of esters is 2. The predicted molar refractivity (Wildman–Crippen MR) is 217 cm³/mol. The van der Waals surface area contributed by atoms with E-state index in [1.54, 1.807) is 13.8 Å². The zero-order valence-corrected chi connectivity index (χ0v) is 33.7. The average molecular weight is 715 g/mol. The average Bonchev–Trinajstić information content (AvgIpc) is 3.17. The van der Waals surface area contributed by atoms with Crippen LogP contribution in [0.1, 0.15) is 201 Å². The van der Waals surface area contributed by atoms with E-state index >= 15 is 0 Å². The number of rotatable bonds is 23. The summed E-state index contributed by atoms with van der Waals surface area (Å²) in [7, 11) is 0. The first-order valence-corrected chi connectivity index (χ1v) is 21.9. The molecule has 0 radical (unpaired) electrons. The Kier molecular flexibility index (Phi) is 19.4. The minimum absolute atomic E-state index is 0.383. The van der Waals surface area contributed by atoms with Crippen molar-refractivity contribution in [3.63, 3.8) is 0 Å². The van der Waals surface area contributed by atoms with Gasteiger partial charge in [0.25, 0.3) is 0 Å². The van der Waals surface area contributed by atoms with Crippen LogP contribution < -0.4 is 0 Å². The Labute approximate surface area is 318 Å². The number of hydrogen-bond acceptors (Lipinski definition) is 4. The Morgan fingerprint density at radius 3 is 1.06 bits per heavy atom. The predicted octanol–water partition coefficient (Wildman–Crippen LogP) is 13.7. The Bertz CT molecular complexity index is 1150. The Morgan fingerprint density at radius 2 is 0.769 bits per heavy atom. The van der Waals surface area contributed by atoms with Crippen LogP contribution in [0.3, 0.4) is 0 Å². The number of unbranched alkanes of at least 4 members (excludes halogenated alkanes) is 6. The van der Waals surface area contributed by atoms with Gasteiger partial charge >= 0.3 is 11.9 Å². The molecule has 0 aliphatic heterocycles. The van der Waals surface area contributed by atoms with E-state index in [4.69, 9.17) is 9.47 Å². The molecule has 4 nitrogen and oxygen atoms in total. The van der Waals surface area contributed by atoms with Gasteiger partial charge in [0.1, 0.15) is 12.2 Å². The summed E-state index contributed by atoms with van der Waals surface area (Å²) in [6.45, 7) is 8.16. The van der Waals surface area contributed by atoms with Gasteiger partial charge in [-0.05, 0) is 98.6 Å².